The smallest absolute Gasteiger partial charge is 1.00 e. The monoisotopic (exact) mass is 295 g/mol. The first-order valence-electron chi connectivity index (χ1n) is 4.64. The SMILES string of the molecule is CC(=O)NC(S)C(S)CCCCS(=O)O.[H-].[Na+]. The fourth-order valence-corrected chi connectivity index (χ4v) is 2.08. The van der Waals surface area contributed by atoms with Crippen LogP contribution in [0.5, 0.6) is 0 Å². The quantitative estimate of drug-likeness (QED) is 0.147. The van der Waals surface area contributed by atoms with Crippen molar-refractivity contribution in [1.29, 1.82) is 0 Å². The Hall–Kier alpha value is 1.28. The maximum absolute atomic E-state index is 10.7. The van der Waals surface area contributed by atoms with E-state index in [0.717, 1.165) is 12.8 Å². The van der Waals surface area contributed by atoms with E-state index in [1.165, 1.54) is 6.92 Å². The normalized spacial score (nSPS) is 15.8. The first kappa shape index (κ1) is 19.6. The van der Waals surface area contributed by atoms with Crippen molar-refractivity contribution in [2.45, 2.75) is 36.8 Å². The van der Waals surface area contributed by atoms with Crippen LogP contribution in [0.1, 0.15) is 27.6 Å². The molecule has 0 fully saturated rings. The third kappa shape index (κ3) is 11.8. The first-order valence-corrected chi connectivity index (χ1v) is 6.95. The van der Waals surface area contributed by atoms with E-state index in [0.29, 0.717) is 6.42 Å². The minimum absolute atomic E-state index is 0. The van der Waals surface area contributed by atoms with Gasteiger partial charge >= 0.3 is 29.6 Å². The Bertz CT molecular complexity index is 236. The summed E-state index contributed by atoms with van der Waals surface area (Å²) in [5.74, 6) is 0.156. The van der Waals surface area contributed by atoms with Crippen LogP contribution in [0.25, 0.3) is 0 Å². The van der Waals surface area contributed by atoms with E-state index < -0.39 is 11.1 Å². The Morgan fingerprint density at radius 1 is 1.50 bits per heavy atom. The molecule has 4 nitrogen and oxygen atoms in total. The van der Waals surface area contributed by atoms with Crippen LogP contribution in [0.2, 0.25) is 0 Å². The average Bonchev–Trinajstić information content (AvgIpc) is 2.10. The molecule has 3 atom stereocenters. The molecule has 0 aromatic rings. The zero-order chi connectivity index (χ0) is 11.8. The molecule has 16 heavy (non-hydrogen) atoms. The van der Waals surface area contributed by atoms with Gasteiger partial charge in [0.25, 0.3) is 0 Å². The minimum atomic E-state index is -1.71. The number of carbonyl (C=O) groups excluding carboxylic acids is 1. The molecular formula is C8H18NNaO3S3. The third-order valence-electron chi connectivity index (χ3n) is 1.78. The van der Waals surface area contributed by atoms with Crippen LogP contribution in [0.4, 0.5) is 0 Å². The second-order valence-electron chi connectivity index (χ2n) is 3.23. The summed E-state index contributed by atoms with van der Waals surface area (Å²) in [6.07, 6.45) is 2.24. The van der Waals surface area contributed by atoms with E-state index in [1.54, 1.807) is 0 Å². The van der Waals surface area contributed by atoms with Crippen molar-refractivity contribution in [2.24, 2.45) is 0 Å². The molecule has 0 heterocycles. The molecule has 0 saturated carbocycles. The van der Waals surface area contributed by atoms with Crippen molar-refractivity contribution >= 4 is 42.2 Å². The van der Waals surface area contributed by atoms with Crippen LogP contribution in [0.15, 0.2) is 0 Å². The number of amides is 1. The van der Waals surface area contributed by atoms with E-state index in [-0.39, 0.29) is 53.3 Å². The van der Waals surface area contributed by atoms with Gasteiger partial charge in [-0.1, -0.05) is 6.42 Å². The third-order valence-corrected chi connectivity index (χ3v) is 3.70. The molecule has 0 saturated heterocycles. The summed E-state index contributed by atoms with van der Waals surface area (Å²) in [7, 11) is 0. The van der Waals surface area contributed by atoms with Gasteiger partial charge in [-0.3, -0.25) is 4.79 Å². The van der Waals surface area contributed by atoms with Crippen molar-refractivity contribution in [1.82, 2.24) is 5.32 Å². The van der Waals surface area contributed by atoms with Crippen LogP contribution in [0.3, 0.4) is 0 Å². The molecule has 3 unspecified atom stereocenters. The fourth-order valence-electron chi connectivity index (χ4n) is 1.04. The molecule has 92 valence electrons. The van der Waals surface area contributed by atoms with E-state index in [1.807, 2.05) is 0 Å². The van der Waals surface area contributed by atoms with Gasteiger partial charge in [0.2, 0.25) is 5.91 Å². The van der Waals surface area contributed by atoms with Crippen LogP contribution in [-0.4, -0.2) is 31.0 Å². The average molecular weight is 295 g/mol. The van der Waals surface area contributed by atoms with E-state index in [4.69, 9.17) is 4.55 Å². The van der Waals surface area contributed by atoms with Crippen molar-refractivity contribution in [3.8, 4) is 0 Å². The molecule has 0 aliphatic rings. The molecule has 0 aromatic carbocycles. The van der Waals surface area contributed by atoms with Crippen LogP contribution in [0, 0.1) is 0 Å². The predicted octanol–water partition coefficient (Wildman–Crippen LogP) is -1.81. The summed E-state index contributed by atoms with van der Waals surface area (Å²) in [5.41, 5.74) is 0. The maximum Gasteiger partial charge on any atom is 1.00 e. The molecule has 0 bridgehead atoms. The molecule has 0 radical (unpaired) electrons. The molecule has 1 amide bonds. The maximum atomic E-state index is 10.7. The van der Waals surface area contributed by atoms with Crippen molar-refractivity contribution in [2.75, 3.05) is 5.75 Å². The number of nitrogens with one attached hydrogen (secondary N) is 1. The van der Waals surface area contributed by atoms with Crippen molar-refractivity contribution in [3.05, 3.63) is 0 Å². The van der Waals surface area contributed by atoms with Gasteiger partial charge in [0, 0.05) is 17.9 Å². The Labute approximate surface area is 134 Å². The Morgan fingerprint density at radius 3 is 2.50 bits per heavy atom. The number of hydrogen-bond donors (Lipinski definition) is 4. The molecule has 0 rings (SSSR count). The predicted molar refractivity (Wildman–Crippen MR) is 70.0 cm³/mol. The summed E-state index contributed by atoms with van der Waals surface area (Å²) in [6.45, 7) is 1.43. The zero-order valence-electron chi connectivity index (χ0n) is 10.5. The second-order valence-corrected chi connectivity index (χ2v) is 5.50. The summed E-state index contributed by atoms with van der Waals surface area (Å²) in [5, 5.41) is 2.32. The molecule has 0 aliphatic heterocycles. The summed E-state index contributed by atoms with van der Waals surface area (Å²) in [4.78, 5) is 10.7. The van der Waals surface area contributed by atoms with Gasteiger partial charge in [-0.2, -0.15) is 25.3 Å². The van der Waals surface area contributed by atoms with E-state index >= 15 is 0 Å². The number of carbonyl (C=O) groups is 1. The molecule has 0 aromatic heterocycles. The van der Waals surface area contributed by atoms with Crippen LogP contribution in [-0.2, 0) is 15.9 Å². The van der Waals surface area contributed by atoms with Gasteiger partial charge in [-0.05, 0) is 12.8 Å². The largest absolute Gasteiger partial charge is 1.00 e. The van der Waals surface area contributed by atoms with Crippen molar-refractivity contribution < 1.29 is 44.5 Å². The number of thiol groups is 2. The number of rotatable bonds is 7. The standard InChI is InChI=1S/C8H17NO3S3.Na.H/c1-6(10)9-8(14)7(13)4-2-3-5-15(11)12;;/h7-8,13-14H,2-5H2,1H3,(H,9,10)(H,11,12);;/q;+1;-1. The van der Waals surface area contributed by atoms with Gasteiger partial charge in [0.05, 0.1) is 5.37 Å². The molecule has 8 heteroatoms. The molecule has 0 aliphatic carbocycles. The van der Waals surface area contributed by atoms with Crippen molar-refractivity contribution in [3.63, 3.8) is 0 Å². The number of hydrogen-bond acceptors (Lipinski definition) is 4. The Morgan fingerprint density at radius 2 is 2.06 bits per heavy atom. The Balaban J connectivity index is -0.000000980. The second kappa shape index (κ2) is 11.4. The van der Waals surface area contributed by atoms with Gasteiger partial charge in [-0.25, -0.2) is 4.21 Å². The Kier molecular flexibility index (Phi) is 13.9. The fraction of sp³-hybridized carbons (Fsp3) is 0.875. The summed E-state index contributed by atoms with van der Waals surface area (Å²) < 4.78 is 18.9. The van der Waals surface area contributed by atoms with E-state index in [2.05, 4.69) is 30.6 Å². The zero-order valence-corrected chi connectivity index (χ0v) is 14.2. The topological polar surface area (TPSA) is 66.4 Å². The van der Waals surface area contributed by atoms with E-state index in [9.17, 15) is 9.00 Å². The van der Waals surface area contributed by atoms with Gasteiger partial charge in [0.15, 0.2) is 11.1 Å². The van der Waals surface area contributed by atoms with Gasteiger partial charge in [0.1, 0.15) is 0 Å². The van der Waals surface area contributed by atoms with Gasteiger partial charge in [-0.15, -0.1) is 0 Å². The summed E-state index contributed by atoms with van der Waals surface area (Å²) in [6, 6.07) is 0. The van der Waals surface area contributed by atoms with Gasteiger partial charge < -0.3 is 11.3 Å². The number of unbranched alkanes of at least 4 members (excludes halogenated alkanes) is 1. The first-order chi connectivity index (χ1) is 6.93. The molecular weight excluding hydrogens is 277 g/mol. The van der Waals surface area contributed by atoms with Crippen LogP contribution < -0.4 is 34.9 Å². The summed E-state index contributed by atoms with van der Waals surface area (Å²) >= 11 is 6.77. The minimum Gasteiger partial charge on any atom is -1.00 e. The molecule has 0 spiro atoms. The van der Waals surface area contributed by atoms with Crippen LogP contribution >= 0.6 is 25.3 Å². The molecule has 2 N–H and O–H groups in total.